The number of alkyl halides is 3. The van der Waals surface area contributed by atoms with Crippen LogP contribution < -0.4 is 10.5 Å². The Morgan fingerprint density at radius 2 is 1.89 bits per heavy atom. The fourth-order valence-electron chi connectivity index (χ4n) is 1.74. The predicted octanol–water partition coefficient (Wildman–Crippen LogP) is 3.08. The molecule has 4 nitrogen and oxygen atoms in total. The maximum absolute atomic E-state index is 12.8. The molecule has 2 rings (SSSR count). The highest BCUT2D eigenvalue weighted by Crippen LogP contribution is 2.38. The van der Waals surface area contributed by atoms with Crippen molar-refractivity contribution >= 4 is 5.82 Å². The largest absolute Gasteiger partial charge is 0.494 e. The SMILES string of the molecule is CCOc1ccc(-c2c(N)n[nH]c2C(F)(F)F)cc1. The van der Waals surface area contributed by atoms with Gasteiger partial charge >= 0.3 is 6.18 Å². The van der Waals surface area contributed by atoms with Crippen molar-refractivity contribution < 1.29 is 17.9 Å². The van der Waals surface area contributed by atoms with E-state index in [-0.39, 0.29) is 11.4 Å². The van der Waals surface area contributed by atoms with Gasteiger partial charge in [0.1, 0.15) is 11.4 Å². The molecule has 1 heterocycles. The first-order chi connectivity index (χ1) is 8.93. The van der Waals surface area contributed by atoms with Crippen molar-refractivity contribution in [3.63, 3.8) is 0 Å². The second kappa shape index (κ2) is 4.83. The third-order valence-electron chi connectivity index (χ3n) is 2.53. The number of benzene rings is 1. The van der Waals surface area contributed by atoms with Gasteiger partial charge < -0.3 is 10.5 Å². The van der Waals surface area contributed by atoms with Crippen LogP contribution >= 0.6 is 0 Å². The molecule has 7 heteroatoms. The van der Waals surface area contributed by atoms with Gasteiger partial charge in [-0.05, 0) is 24.6 Å². The zero-order valence-corrected chi connectivity index (χ0v) is 10.1. The van der Waals surface area contributed by atoms with Gasteiger partial charge in [0.25, 0.3) is 0 Å². The van der Waals surface area contributed by atoms with E-state index in [2.05, 4.69) is 5.10 Å². The lowest BCUT2D eigenvalue weighted by atomic mass is 10.1. The Balaban J connectivity index is 2.44. The number of nitrogen functional groups attached to an aromatic ring is 1. The van der Waals surface area contributed by atoms with Gasteiger partial charge in [-0.3, -0.25) is 5.10 Å². The van der Waals surface area contributed by atoms with Gasteiger partial charge in [0, 0.05) is 0 Å². The summed E-state index contributed by atoms with van der Waals surface area (Å²) < 4.78 is 43.6. The Hall–Kier alpha value is -2.18. The zero-order chi connectivity index (χ0) is 14.0. The Labute approximate surface area is 107 Å². The minimum atomic E-state index is -4.53. The number of aromatic nitrogens is 2. The molecule has 0 saturated carbocycles. The summed E-state index contributed by atoms with van der Waals surface area (Å²) in [5, 5.41) is 5.34. The average Bonchev–Trinajstić information content (AvgIpc) is 2.72. The van der Waals surface area contributed by atoms with Gasteiger partial charge in [0.15, 0.2) is 5.82 Å². The maximum atomic E-state index is 12.8. The fourth-order valence-corrected chi connectivity index (χ4v) is 1.74. The molecule has 0 aliphatic heterocycles. The Morgan fingerprint density at radius 3 is 2.42 bits per heavy atom. The van der Waals surface area contributed by atoms with Gasteiger partial charge in [-0.25, -0.2) is 0 Å². The summed E-state index contributed by atoms with van der Waals surface area (Å²) in [4.78, 5) is 0. The van der Waals surface area contributed by atoms with Crippen LogP contribution in [0.2, 0.25) is 0 Å². The van der Waals surface area contributed by atoms with E-state index >= 15 is 0 Å². The summed E-state index contributed by atoms with van der Waals surface area (Å²) in [6.07, 6.45) is -4.53. The number of aromatic amines is 1. The Morgan fingerprint density at radius 1 is 1.26 bits per heavy atom. The molecular formula is C12H12F3N3O. The van der Waals surface area contributed by atoms with Crippen LogP contribution in [0.3, 0.4) is 0 Å². The topological polar surface area (TPSA) is 63.9 Å². The number of hydrogen-bond acceptors (Lipinski definition) is 3. The molecule has 1 aromatic heterocycles. The zero-order valence-electron chi connectivity index (χ0n) is 10.1. The molecule has 0 amide bonds. The van der Waals surface area contributed by atoms with E-state index in [1.54, 1.807) is 12.1 Å². The van der Waals surface area contributed by atoms with E-state index in [9.17, 15) is 13.2 Å². The van der Waals surface area contributed by atoms with Gasteiger partial charge in [0.05, 0.1) is 12.2 Å². The molecule has 0 unspecified atom stereocenters. The number of hydrogen-bond donors (Lipinski definition) is 2. The molecule has 19 heavy (non-hydrogen) atoms. The van der Waals surface area contributed by atoms with Crippen LogP contribution in [0.4, 0.5) is 19.0 Å². The van der Waals surface area contributed by atoms with Crippen LogP contribution in [-0.2, 0) is 6.18 Å². The standard InChI is InChI=1S/C12H12F3N3O/c1-2-19-8-5-3-7(4-6-8)9-10(12(13,14)15)17-18-11(9)16/h3-6H,2H2,1H3,(H3,16,17,18). The molecule has 1 aromatic carbocycles. The number of H-pyrrole nitrogens is 1. The van der Waals surface area contributed by atoms with Crippen LogP contribution in [0.15, 0.2) is 24.3 Å². The first-order valence-corrected chi connectivity index (χ1v) is 5.57. The minimum absolute atomic E-state index is 0.143. The van der Waals surface area contributed by atoms with Crippen molar-refractivity contribution in [3.8, 4) is 16.9 Å². The van der Waals surface area contributed by atoms with E-state index in [4.69, 9.17) is 10.5 Å². The lowest BCUT2D eigenvalue weighted by Crippen LogP contribution is -2.07. The van der Waals surface area contributed by atoms with Crippen LogP contribution in [0.25, 0.3) is 11.1 Å². The van der Waals surface area contributed by atoms with Crippen molar-refractivity contribution in [2.75, 3.05) is 12.3 Å². The Kier molecular flexibility index (Phi) is 3.37. The average molecular weight is 271 g/mol. The lowest BCUT2D eigenvalue weighted by molar-refractivity contribution is -0.140. The summed E-state index contributed by atoms with van der Waals surface area (Å²) in [7, 11) is 0. The molecule has 2 aromatic rings. The molecule has 0 aliphatic rings. The molecule has 3 N–H and O–H groups in total. The quantitative estimate of drug-likeness (QED) is 0.901. The predicted molar refractivity (Wildman–Crippen MR) is 64.6 cm³/mol. The number of rotatable bonds is 3. The molecule has 0 saturated heterocycles. The number of nitrogens with one attached hydrogen (secondary N) is 1. The summed E-state index contributed by atoms with van der Waals surface area (Å²) in [5.74, 6) is 0.401. The molecule has 0 radical (unpaired) electrons. The monoisotopic (exact) mass is 271 g/mol. The van der Waals surface area contributed by atoms with Gasteiger partial charge in [0.2, 0.25) is 0 Å². The van der Waals surface area contributed by atoms with E-state index in [0.29, 0.717) is 17.9 Å². The second-order valence-corrected chi connectivity index (χ2v) is 3.81. The molecule has 0 aliphatic carbocycles. The number of nitrogens with zero attached hydrogens (tertiary/aromatic N) is 1. The van der Waals surface area contributed by atoms with E-state index in [1.165, 1.54) is 12.1 Å². The maximum Gasteiger partial charge on any atom is 0.433 e. The first-order valence-electron chi connectivity index (χ1n) is 5.57. The third-order valence-corrected chi connectivity index (χ3v) is 2.53. The van der Waals surface area contributed by atoms with Gasteiger partial charge in [-0.1, -0.05) is 12.1 Å². The van der Waals surface area contributed by atoms with Crippen molar-refractivity contribution in [2.24, 2.45) is 0 Å². The highest BCUT2D eigenvalue weighted by atomic mass is 19.4. The number of halogens is 3. The number of nitrogens with two attached hydrogens (primary N) is 1. The van der Waals surface area contributed by atoms with E-state index < -0.39 is 11.9 Å². The summed E-state index contributed by atoms with van der Waals surface area (Å²) >= 11 is 0. The van der Waals surface area contributed by atoms with Crippen molar-refractivity contribution in [2.45, 2.75) is 13.1 Å². The summed E-state index contributed by atoms with van der Waals surface area (Å²) in [6, 6.07) is 6.21. The smallest absolute Gasteiger partial charge is 0.433 e. The molecule has 0 fully saturated rings. The molecule has 102 valence electrons. The molecule has 0 spiro atoms. The molecular weight excluding hydrogens is 259 g/mol. The Bertz CT molecular complexity index is 561. The van der Waals surface area contributed by atoms with Gasteiger partial charge in [-0.15, -0.1) is 0 Å². The minimum Gasteiger partial charge on any atom is -0.494 e. The van der Waals surface area contributed by atoms with Crippen molar-refractivity contribution in [1.82, 2.24) is 10.2 Å². The van der Waals surface area contributed by atoms with Crippen LogP contribution in [0.5, 0.6) is 5.75 Å². The number of anilines is 1. The third kappa shape index (κ3) is 2.64. The van der Waals surface area contributed by atoms with Crippen LogP contribution in [-0.4, -0.2) is 16.8 Å². The molecule has 0 atom stereocenters. The van der Waals surface area contributed by atoms with E-state index in [0.717, 1.165) is 0 Å². The molecule has 0 bridgehead atoms. The van der Waals surface area contributed by atoms with Crippen LogP contribution in [0.1, 0.15) is 12.6 Å². The highest BCUT2D eigenvalue weighted by molar-refractivity contribution is 5.77. The van der Waals surface area contributed by atoms with E-state index in [1.807, 2.05) is 12.0 Å². The van der Waals surface area contributed by atoms with Crippen LogP contribution in [0, 0.1) is 0 Å². The summed E-state index contributed by atoms with van der Waals surface area (Å²) in [6.45, 7) is 2.31. The first kappa shape index (κ1) is 13.3. The normalized spacial score (nSPS) is 11.6. The summed E-state index contributed by atoms with van der Waals surface area (Å²) in [5.41, 5.74) is 4.74. The van der Waals surface area contributed by atoms with Crippen molar-refractivity contribution in [1.29, 1.82) is 0 Å². The van der Waals surface area contributed by atoms with Gasteiger partial charge in [-0.2, -0.15) is 18.3 Å². The fraction of sp³-hybridized carbons (Fsp3) is 0.250. The second-order valence-electron chi connectivity index (χ2n) is 3.81. The highest BCUT2D eigenvalue weighted by Gasteiger charge is 2.37. The number of ether oxygens (including phenoxy) is 1. The van der Waals surface area contributed by atoms with Crippen molar-refractivity contribution in [3.05, 3.63) is 30.0 Å². The lowest BCUT2D eigenvalue weighted by Gasteiger charge is -2.08.